The molecule has 5 heteroatoms. The van der Waals surface area contributed by atoms with Gasteiger partial charge in [0, 0.05) is 13.0 Å². The second kappa shape index (κ2) is 4.28. The maximum Gasteiger partial charge on any atom is 0.147 e. The van der Waals surface area contributed by atoms with E-state index in [2.05, 4.69) is 19.7 Å². The number of hydrogen-bond acceptors (Lipinski definition) is 4. The molecule has 1 aliphatic rings. The van der Waals surface area contributed by atoms with Gasteiger partial charge in [-0.1, -0.05) is 0 Å². The van der Waals surface area contributed by atoms with E-state index in [1.54, 1.807) is 0 Å². The standard InChI is InChI=1S/C10H19N5/c1-14(2)7-10-13-12-9-4-3-8(5-11)6-15(9)10/h8H,3-7,11H2,1-2H3. The molecule has 2 heterocycles. The summed E-state index contributed by atoms with van der Waals surface area (Å²) in [5.74, 6) is 2.78. The first-order valence-electron chi connectivity index (χ1n) is 5.46. The van der Waals surface area contributed by atoms with Crippen LogP contribution in [0.3, 0.4) is 0 Å². The minimum absolute atomic E-state index is 0.592. The number of aromatic nitrogens is 3. The van der Waals surface area contributed by atoms with Gasteiger partial charge in [0.2, 0.25) is 0 Å². The van der Waals surface area contributed by atoms with Crippen LogP contribution >= 0.6 is 0 Å². The molecule has 0 amide bonds. The van der Waals surface area contributed by atoms with Crippen molar-refractivity contribution in [1.82, 2.24) is 19.7 Å². The SMILES string of the molecule is CN(C)Cc1nnc2n1CC(CN)CC2. The first kappa shape index (κ1) is 10.6. The van der Waals surface area contributed by atoms with Crippen LogP contribution in [-0.4, -0.2) is 40.3 Å². The van der Waals surface area contributed by atoms with E-state index in [4.69, 9.17) is 5.73 Å². The topological polar surface area (TPSA) is 60.0 Å². The van der Waals surface area contributed by atoms with Gasteiger partial charge in [0.1, 0.15) is 11.6 Å². The predicted molar refractivity (Wildman–Crippen MR) is 58.3 cm³/mol. The van der Waals surface area contributed by atoms with Crippen LogP contribution in [0, 0.1) is 5.92 Å². The molecule has 5 nitrogen and oxygen atoms in total. The fourth-order valence-electron chi connectivity index (χ4n) is 2.04. The molecule has 1 aromatic rings. The van der Waals surface area contributed by atoms with Crippen LogP contribution in [0.15, 0.2) is 0 Å². The van der Waals surface area contributed by atoms with Gasteiger partial charge in [-0.15, -0.1) is 10.2 Å². The lowest BCUT2D eigenvalue weighted by Gasteiger charge is -2.23. The minimum atomic E-state index is 0.592. The molecule has 0 aromatic carbocycles. The molecular formula is C10H19N5. The summed E-state index contributed by atoms with van der Waals surface area (Å²) in [4.78, 5) is 2.11. The molecule has 0 aliphatic carbocycles. The van der Waals surface area contributed by atoms with Crippen LogP contribution in [0.1, 0.15) is 18.1 Å². The molecule has 0 fully saturated rings. The number of rotatable bonds is 3. The molecule has 1 aliphatic heterocycles. The van der Waals surface area contributed by atoms with E-state index in [-0.39, 0.29) is 0 Å². The van der Waals surface area contributed by atoms with Crippen molar-refractivity contribution in [3.8, 4) is 0 Å². The van der Waals surface area contributed by atoms with Gasteiger partial charge in [-0.3, -0.25) is 0 Å². The second-order valence-corrected chi connectivity index (χ2v) is 4.52. The van der Waals surface area contributed by atoms with Crippen LogP contribution in [-0.2, 0) is 19.5 Å². The highest BCUT2D eigenvalue weighted by Gasteiger charge is 2.21. The summed E-state index contributed by atoms with van der Waals surface area (Å²) in [7, 11) is 4.09. The van der Waals surface area contributed by atoms with E-state index in [9.17, 15) is 0 Å². The number of fused-ring (bicyclic) bond motifs is 1. The van der Waals surface area contributed by atoms with Crippen molar-refractivity contribution in [2.24, 2.45) is 11.7 Å². The lowest BCUT2D eigenvalue weighted by molar-refractivity contribution is 0.338. The van der Waals surface area contributed by atoms with Gasteiger partial charge in [-0.2, -0.15) is 0 Å². The van der Waals surface area contributed by atoms with E-state index < -0.39 is 0 Å². The van der Waals surface area contributed by atoms with Crippen LogP contribution < -0.4 is 5.73 Å². The van der Waals surface area contributed by atoms with Crippen molar-refractivity contribution in [1.29, 1.82) is 0 Å². The third kappa shape index (κ3) is 2.18. The molecule has 0 saturated carbocycles. The summed E-state index contributed by atoms with van der Waals surface area (Å²) >= 11 is 0. The van der Waals surface area contributed by atoms with Gasteiger partial charge < -0.3 is 15.2 Å². The summed E-state index contributed by atoms with van der Waals surface area (Å²) in [5, 5.41) is 8.46. The lowest BCUT2D eigenvalue weighted by Crippen LogP contribution is -2.28. The molecule has 84 valence electrons. The molecule has 1 aromatic heterocycles. The van der Waals surface area contributed by atoms with Crippen LogP contribution in [0.2, 0.25) is 0 Å². The van der Waals surface area contributed by atoms with Crippen molar-refractivity contribution in [2.45, 2.75) is 25.9 Å². The Hall–Kier alpha value is -0.940. The smallest absolute Gasteiger partial charge is 0.147 e. The maximum absolute atomic E-state index is 5.72. The van der Waals surface area contributed by atoms with E-state index in [1.165, 1.54) is 0 Å². The monoisotopic (exact) mass is 209 g/mol. The highest BCUT2D eigenvalue weighted by atomic mass is 15.3. The molecule has 1 unspecified atom stereocenters. The van der Waals surface area contributed by atoms with Gasteiger partial charge in [-0.05, 0) is 33.0 Å². The Bertz CT molecular complexity index is 331. The molecule has 15 heavy (non-hydrogen) atoms. The van der Waals surface area contributed by atoms with E-state index in [0.29, 0.717) is 5.92 Å². The largest absolute Gasteiger partial charge is 0.330 e. The Labute approximate surface area is 90.3 Å². The van der Waals surface area contributed by atoms with Crippen molar-refractivity contribution in [3.63, 3.8) is 0 Å². The molecular weight excluding hydrogens is 190 g/mol. The summed E-state index contributed by atoms with van der Waals surface area (Å²) in [5.41, 5.74) is 5.72. The van der Waals surface area contributed by atoms with Crippen LogP contribution in [0.5, 0.6) is 0 Å². The lowest BCUT2D eigenvalue weighted by atomic mass is 10.00. The van der Waals surface area contributed by atoms with Crippen LogP contribution in [0.25, 0.3) is 0 Å². The first-order chi connectivity index (χ1) is 7.20. The number of nitrogens with two attached hydrogens (primary N) is 1. The summed E-state index contributed by atoms with van der Waals surface area (Å²) in [6.45, 7) is 2.60. The normalized spacial score (nSPS) is 20.7. The third-order valence-electron chi connectivity index (χ3n) is 2.91. The molecule has 0 spiro atoms. The third-order valence-corrected chi connectivity index (χ3v) is 2.91. The van der Waals surface area contributed by atoms with E-state index in [1.807, 2.05) is 14.1 Å². The van der Waals surface area contributed by atoms with Crippen molar-refractivity contribution in [2.75, 3.05) is 20.6 Å². The summed E-state index contributed by atoms with van der Waals surface area (Å²) in [6.07, 6.45) is 2.17. The van der Waals surface area contributed by atoms with E-state index >= 15 is 0 Å². The second-order valence-electron chi connectivity index (χ2n) is 4.52. The Balaban J connectivity index is 2.18. The fourth-order valence-corrected chi connectivity index (χ4v) is 2.04. The van der Waals surface area contributed by atoms with Gasteiger partial charge in [0.05, 0.1) is 6.54 Å². The highest BCUT2D eigenvalue weighted by Crippen LogP contribution is 2.19. The first-order valence-corrected chi connectivity index (χ1v) is 5.46. The predicted octanol–water partition coefficient (Wildman–Crippen LogP) is -0.139. The molecule has 2 N–H and O–H groups in total. The zero-order chi connectivity index (χ0) is 10.8. The van der Waals surface area contributed by atoms with Crippen molar-refractivity contribution >= 4 is 0 Å². The zero-order valence-electron chi connectivity index (χ0n) is 9.48. The van der Waals surface area contributed by atoms with Crippen LogP contribution in [0.4, 0.5) is 0 Å². The van der Waals surface area contributed by atoms with Gasteiger partial charge in [0.15, 0.2) is 0 Å². The highest BCUT2D eigenvalue weighted by molar-refractivity contribution is 5.00. The fraction of sp³-hybridized carbons (Fsp3) is 0.800. The van der Waals surface area contributed by atoms with Crippen molar-refractivity contribution in [3.05, 3.63) is 11.6 Å². The quantitative estimate of drug-likeness (QED) is 0.753. The zero-order valence-corrected chi connectivity index (χ0v) is 9.48. The average molecular weight is 209 g/mol. The number of aryl methyl sites for hydroxylation is 1. The van der Waals surface area contributed by atoms with Gasteiger partial charge >= 0.3 is 0 Å². The average Bonchev–Trinajstić information content (AvgIpc) is 2.60. The molecule has 0 saturated heterocycles. The van der Waals surface area contributed by atoms with Gasteiger partial charge in [0.25, 0.3) is 0 Å². The molecule has 0 radical (unpaired) electrons. The Kier molecular flexibility index (Phi) is 3.02. The Morgan fingerprint density at radius 1 is 1.47 bits per heavy atom. The Morgan fingerprint density at radius 2 is 2.27 bits per heavy atom. The van der Waals surface area contributed by atoms with Gasteiger partial charge in [-0.25, -0.2) is 0 Å². The molecule has 2 rings (SSSR count). The maximum atomic E-state index is 5.72. The van der Waals surface area contributed by atoms with Crippen molar-refractivity contribution < 1.29 is 0 Å². The molecule has 1 atom stereocenters. The Morgan fingerprint density at radius 3 is 2.93 bits per heavy atom. The summed E-state index contributed by atoms with van der Waals surface area (Å²) < 4.78 is 2.24. The summed E-state index contributed by atoms with van der Waals surface area (Å²) in [6, 6.07) is 0. The van der Waals surface area contributed by atoms with E-state index in [0.717, 1.165) is 44.1 Å². The number of nitrogens with zero attached hydrogens (tertiary/aromatic N) is 4. The molecule has 0 bridgehead atoms. The minimum Gasteiger partial charge on any atom is -0.330 e. The number of hydrogen-bond donors (Lipinski definition) is 1.